The highest BCUT2D eigenvalue weighted by Crippen LogP contribution is 2.12. The highest BCUT2D eigenvalue weighted by Gasteiger charge is 2.18. The van der Waals surface area contributed by atoms with Gasteiger partial charge in [0.25, 0.3) is 5.56 Å². The minimum atomic E-state index is -3.68. The van der Waals surface area contributed by atoms with E-state index >= 15 is 0 Å². The van der Waals surface area contributed by atoms with E-state index in [1.807, 2.05) is 43.3 Å². The number of nitrogens with zero attached hydrogens (tertiary/aromatic N) is 3. The van der Waals surface area contributed by atoms with Crippen molar-refractivity contribution >= 4 is 21.6 Å². The lowest BCUT2D eigenvalue weighted by molar-refractivity contribution is -0.121. The molecule has 2 aromatic rings. The summed E-state index contributed by atoms with van der Waals surface area (Å²) in [6.07, 6.45) is 1.18. The Bertz CT molecular complexity index is 964. The number of aromatic nitrogens is 1. The molecule has 0 atom stereocenters. The summed E-state index contributed by atoms with van der Waals surface area (Å²) in [6, 6.07) is 10.1. The maximum Gasteiger partial charge on any atom is 0.251 e. The first-order chi connectivity index (χ1) is 12.6. The smallest absolute Gasteiger partial charge is 0.251 e. The zero-order chi connectivity index (χ0) is 20.2. The molecule has 0 aliphatic rings. The molecule has 1 aromatic heterocycles. The van der Waals surface area contributed by atoms with Gasteiger partial charge in [-0.1, -0.05) is 12.1 Å². The van der Waals surface area contributed by atoms with Crippen LogP contribution in [0, 0.1) is 0 Å². The van der Waals surface area contributed by atoms with Crippen molar-refractivity contribution in [3.63, 3.8) is 0 Å². The van der Waals surface area contributed by atoms with Gasteiger partial charge in [-0.2, -0.15) is 0 Å². The van der Waals surface area contributed by atoms with E-state index in [0.717, 1.165) is 26.2 Å². The second-order valence-corrected chi connectivity index (χ2v) is 8.61. The first kappa shape index (κ1) is 20.7. The van der Waals surface area contributed by atoms with Gasteiger partial charge in [0.05, 0.1) is 4.90 Å². The van der Waals surface area contributed by atoms with Crippen molar-refractivity contribution < 1.29 is 13.2 Å². The summed E-state index contributed by atoms with van der Waals surface area (Å²) in [5.74, 6) is -0.381. The normalized spacial score (nSPS) is 11.4. The molecule has 1 aromatic carbocycles. The fourth-order valence-electron chi connectivity index (χ4n) is 2.32. The number of rotatable bonds is 7. The zero-order valence-corrected chi connectivity index (χ0v) is 16.7. The van der Waals surface area contributed by atoms with Crippen molar-refractivity contribution in [2.75, 3.05) is 33.1 Å². The molecule has 2 rings (SSSR count). The van der Waals surface area contributed by atoms with E-state index in [-0.39, 0.29) is 17.3 Å². The molecule has 0 saturated heterocycles. The van der Waals surface area contributed by atoms with Crippen LogP contribution in [-0.4, -0.2) is 51.4 Å². The summed E-state index contributed by atoms with van der Waals surface area (Å²) in [7, 11) is 3.01. The maximum atomic E-state index is 12.2. The Kier molecular flexibility index (Phi) is 6.40. The summed E-state index contributed by atoms with van der Waals surface area (Å²) in [5, 5.41) is 2.73. The van der Waals surface area contributed by atoms with Crippen LogP contribution in [0.1, 0.15) is 5.56 Å². The minimum Gasteiger partial charge on any atom is -0.378 e. The third kappa shape index (κ3) is 5.18. The molecule has 146 valence electrons. The summed E-state index contributed by atoms with van der Waals surface area (Å²) < 4.78 is 26.5. The fraction of sp³-hybridized carbons (Fsp3) is 0.333. The molecule has 1 heterocycles. The van der Waals surface area contributed by atoms with E-state index in [1.165, 1.54) is 26.4 Å². The van der Waals surface area contributed by atoms with Crippen molar-refractivity contribution in [2.24, 2.45) is 0 Å². The van der Waals surface area contributed by atoms with Gasteiger partial charge >= 0.3 is 0 Å². The number of benzene rings is 1. The molecule has 1 amide bonds. The van der Waals surface area contributed by atoms with Gasteiger partial charge in [0, 0.05) is 52.7 Å². The van der Waals surface area contributed by atoms with Crippen molar-refractivity contribution in [3.05, 3.63) is 58.5 Å². The molecule has 1 N–H and O–H groups in total. The number of carbonyl (C=O) groups excluding carboxylic acids is 1. The van der Waals surface area contributed by atoms with Crippen LogP contribution in [0.25, 0.3) is 0 Å². The lowest BCUT2D eigenvalue weighted by Gasteiger charge is -2.14. The van der Waals surface area contributed by atoms with Gasteiger partial charge in [-0.3, -0.25) is 9.59 Å². The lowest BCUT2D eigenvalue weighted by Crippen LogP contribution is -2.32. The third-order valence-corrected chi connectivity index (χ3v) is 5.79. The predicted octanol–water partition coefficient (Wildman–Crippen LogP) is 0.481. The van der Waals surface area contributed by atoms with Crippen LogP contribution in [0.4, 0.5) is 5.69 Å². The number of hydrogen-bond acceptors (Lipinski definition) is 5. The van der Waals surface area contributed by atoms with Crippen LogP contribution in [0.2, 0.25) is 0 Å². The molecular formula is C18H24N4O4S. The topological polar surface area (TPSA) is 91.7 Å². The lowest BCUT2D eigenvalue weighted by atomic mass is 10.2. The van der Waals surface area contributed by atoms with Gasteiger partial charge in [-0.25, -0.2) is 12.7 Å². The second-order valence-electron chi connectivity index (χ2n) is 6.46. The number of nitrogens with one attached hydrogen (secondary N) is 1. The van der Waals surface area contributed by atoms with E-state index in [9.17, 15) is 18.0 Å². The SMILES string of the molecule is CN(C)c1ccc(CNC(=O)Cn2cc(S(=O)(=O)N(C)C)ccc2=O)cc1. The Labute approximate surface area is 159 Å². The first-order valence-corrected chi connectivity index (χ1v) is 9.71. The molecule has 0 fully saturated rings. The molecule has 0 aliphatic carbocycles. The summed E-state index contributed by atoms with van der Waals surface area (Å²) >= 11 is 0. The minimum absolute atomic E-state index is 0.0424. The van der Waals surface area contributed by atoms with E-state index < -0.39 is 15.6 Å². The quantitative estimate of drug-likeness (QED) is 0.740. The van der Waals surface area contributed by atoms with Gasteiger partial charge in [-0.05, 0) is 23.8 Å². The largest absolute Gasteiger partial charge is 0.378 e. The van der Waals surface area contributed by atoms with Crippen LogP contribution in [0.5, 0.6) is 0 Å². The van der Waals surface area contributed by atoms with Crippen LogP contribution < -0.4 is 15.8 Å². The molecule has 27 heavy (non-hydrogen) atoms. The monoisotopic (exact) mass is 392 g/mol. The van der Waals surface area contributed by atoms with Crippen molar-refractivity contribution in [2.45, 2.75) is 18.0 Å². The Hall–Kier alpha value is -2.65. The third-order valence-electron chi connectivity index (χ3n) is 3.99. The molecule has 9 heteroatoms. The molecule has 0 aliphatic heterocycles. The Morgan fingerprint density at radius 3 is 2.22 bits per heavy atom. The fourth-order valence-corrected chi connectivity index (χ4v) is 3.24. The molecule has 0 spiro atoms. The summed E-state index contributed by atoms with van der Waals surface area (Å²) in [4.78, 5) is 26.1. The van der Waals surface area contributed by atoms with E-state index in [2.05, 4.69) is 5.32 Å². The number of hydrogen-bond donors (Lipinski definition) is 1. The van der Waals surface area contributed by atoms with Gasteiger partial charge in [0.2, 0.25) is 15.9 Å². The van der Waals surface area contributed by atoms with Crippen LogP contribution in [0.15, 0.2) is 52.3 Å². The highest BCUT2D eigenvalue weighted by molar-refractivity contribution is 7.89. The van der Waals surface area contributed by atoms with Crippen molar-refractivity contribution in [3.8, 4) is 0 Å². The first-order valence-electron chi connectivity index (χ1n) is 8.27. The molecular weight excluding hydrogens is 368 g/mol. The van der Waals surface area contributed by atoms with E-state index in [1.54, 1.807) is 0 Å². The van der Waals surface area contributed by atoms with Crippen LogP contribution >= 0.6 is 0 Å². The number of amides is 1. The summed E-state index contributed by atoms with van der Waals surface area (Å²) in [6.45, 7) is 0.0579. The van der Waals surface area contributed by atoms with Gasteiger partial charge < -0.3 is 14.8 Å². The Morgan fingerprint density at radius 2 is 1.67 bits per heavy atom. The van der Waals surface area contributed by atoms with Crippen molar-refractivity contribution in [1.29, 1.82) is 0 Å². The molecule has 0 radical (unpaired) electrons. The summed E-state index contributed by atoms with van der Waals surface area (Å²) in [5.41, 5.74) is 1.53. The molecule has 0 unspecified atom stereocenters. The maximum absolute atomic E-state index is 12.2. The average molecular weight is 392 g/mol. The van der Waals surface area contributed by atoms with E-state index in [4.69, 9.17) is 0 Å². The van der Waals surface area contributed by atoms with Crippen LogP contribution in [0.3, 0.4) is 0 Å². The number of pyridine rings is 1. The Morgan fingerprint density at radius 1 is 1.04 bits per heavy atom. The molecule has 0 bridgehead atoms. The number of carbonyl (C=O) groups is 1. The van der Waals surface area contributed by atoms with Crippen molar-refractivity contribution in [1.82, 2.24) is 14.2 Å². The van der Waals surface area contributed by atoms with Crippen LogP contribution in [-0.2, 0) is 27.9 Å². The van der Waals surface area contributed by atoms with Gasteiger partial charge in [0.1, 0.15) is 6.54 Å². The highest BCUT2D eigenvalue weighted by atomic mass is 32.2. The Balaban J connectivity index is 2.06. The average Bonchev–Trinajstić information content (AvgIpc) is 2.61. The van der Waals surface area contributed by atoms with E-state index in [0.29, 0.717) is 6.54 Å². The standard InChI is InChI=1S/C18H24N4O4S/c1-20(2)15-7-5-14(6-8-15)11-19-17(23)13-22-12-16(9-10-18(22)24)27(25,26)21(3)4/h5-10,12H,11,13H2,1-4H3,(H,19,23). The molecule has 0 saturated carbocycles. The number of sulfonamides is 1. The zero-order valence-electron chi connectivity index (χ0n) is 15.8. The number of anilines is 1. The molecule has 8 nitrogen and oxygen atoms in total. The van der Waals surface area contributed by atoms with Gasteiger partial charge in [-0.15, -0.1) is 0 Å². The predicted molar refractivity (Wildman–Crippen MR) is 104 cm³/mol. The second kappa shape index (κ2) is 8.36. The van der Waals surface area contributed by atoms with Gasteiger partial charge in [0.15, 0.2) is 0 Å².